The van der Waals surface area contributed by atoms with Gasteiger partial charge in [-0.2, -0.15) is 5.10 Å². The van der Waals surface area contributed by atoms with Gasteiger partial charge in [-0.25, -0.2) is 4.98 Å². The van der Waals surface area contributed by atoms with E-state index in [0.29, 0.717) is 11.3 Å². The van der Waals surface area contributed by atoms with Crippen LogP contribution in [0.15, 0.2) is 30.7 Å². The average Bonchev–Trinajstić information content (AvgIpc) is 2.99. The molecule has 0 bridgehead atoms. The minimum atomic E-state index is 0.590. The van der Waals surface area contributed by atoms with Crippen molar-refractivity contribution in [3.63, 3.8) is 0 Å². The molecule has 0 unspecified atom stereocenters. The lowest BCUT2D eigenvalue weighted by Crippen LogP contribution is -2.02. The van der Waals surface area contributed by atoms with Crippen molar-refractivity contribution in [3.8, 4) is 11.4 Å². The second-order valence-corrected chi connectivity index (χ2v) is 5.75. The van der Waals surface area contributed by atoms with Crippen molar-refractivity contribution in [1.82, 2.24) is 24.7 Å². The topological polar surface area (TPSA) is 59.4 Å². The van der Waals surface area contributed by atoms with Crippen LogP contribution in [-0.4, -0.2) is 24.7 Å². The second kappa shape index (κ2) is 5.02. The summed E-state index contributed by atoms with van der Waals surface area (Å²) in [5.41, 5.74) is 0.933. The van der Waals surface area contributed by atoms with E-state index in [-0.39, 0.29) is 0 Å². The smallest absolute Gasteiger partial charge is 0.195 e. The molecule has 0 radical (unpaired) electrons. The van der Waals surface area contributed by atoms with Gasteiger partial charge in [0.15, 0.2) is 10.6 Å². The zero-order valence-electron chi connectivity index (χ0n) is 10.2. The molecule has 3 aromatic heterocycles. The normalized spacial score (nSPS) is 10.8. The molecule has 0 aromatic carbocycles. The summed E-state index contributed by atoms with van der Waals surface area (Å²) in [5.74, 6) is 0.783. The van der Waals surface area contributed by atoms with Crippen LogP contribution in [0.4, 0.5) is 0 Å². The van der Waals surface area contributed by atoms with E-state index in [1.807, 2.05) is 29.8 Å². The predicted molar refractivity (Wildman–Crippen MR) is 76.6 cm³/mol. The third kappa shape index (κ3) is 2.47. The molecular weight excluding hydrogens is 278 g/mol. The summed E-state index contributed by atoms with van der Waals surface area (Å²) in [7, 11) is 0. The van der Waals surface area contributed by atoms with Crippen LogP contribution < -0.4 is 0 Å². The van der Waals surface area contributed by atoms with Gasteiger partial charge in [-0.1, -0.05) is 0 Å². The molecule has 0 aliphatic carbocycles. The fraction of sp³-hybridized carbons (Fsp3) is 0.167. The summed E-state index contributed by atoms with van der Waals surface area (Å²) in [6.45, 7) is 2.66. The van der Waals surface area contributed by atoms with Gasteiger partial charge in [0.1, 0.15) is 5.01 Å². The van der Waals surface area contributed by atoms with Crippen molar-refractivity contribution in [2.24, 2.45) is 0 Å². The summed E-state index contributed by atoms with van der Waals surface area (Å²) < 4.78 is 2.52. The molecule has 0 saturated carbocycles. The highest BCUT2D eigenvalue weighted by Gasteiger charge is 2.10. The Morgan fingerprint density at radius 1 is 1.42 bits per heavy atom. The molecular formula is C12H11N5S2. The Hall–Kier alpha value is -1.86. The van der Waals surface area contributed by atoms with E-state index in [9.17, 15) is 0 Å². The average molecular weight is 289 g/mol. The predicted octanol–water partition coefficient (Wildman–Crippen LogP) is 2.82. The van der Waals surface area contributed by atoms with Crippen LogP contribution in [0, 0.1) is 11.7 Å². The molecule has 3 heterocycles. The van der Waals surface area contributed by atoms with Crippen LogP contribution in [0.2, 0.25) is 0 Å². The lowest BCUT2D eigenvalue weighted by atomic mass is 10.3. The molecule has 0 aliphatic heterocycles. The van der Waals surface area contributed by atoms with Crippen molar-refractivity contribution in [2.75, 3.05) is 0 Å². The number of pyridine rings is 1. The number of aromatic nitrogens is 5. The number of hydrogen-bond acceptors (Lipinski definition) is 5. The number of rotatable bonds is 3. The maximum absolute atomic E-state index is 5.28. The Kier molecular flexibility index (Phi) is 3.22. The Balaban J connectivity index is 2.02. The molecule has 1 N–H and O–H groups in total. The Bertz CT molecular complexity index is 741. The molecule has 0 aliphatic rings. The number of aromatic amines is 1. The molecule has 3 aromatic rings. The number of H-pyrrole nitrogens is 1. The monoisotopic (exact) mass is 289 g/mol. The molecule has 96 valence electrons. The molecule has 0 fully saturated rings. The summed E-state index contributed by atoms with van der Waals surface area (Å²) in [5, 5.41) is 8.11. The molecule has 0 atom stereocenters. The van der Waals surface area contributed by atoms with Crippen molar-refractivity contribution < 1.29 is 0 Å². The van der Waals surface area contributed by atoms with Gasteiger partial charge in [0.25, 0.3) is 0 Å². The van der Waals surface area contributed by atoms with Gasteiger partial charge < -0.3 is 0 Å². The van der Waals surface area contributed by atoms with E-state index in [2.05, 4.69) is 20.2 Å². The number of nitrogens with one attached hydrogen (secondary N) is 1. The van der Waals surface area contributed by atoms with Gasteiger partial charge >= 0.3 is 0 Å². The van der Waals surface area contributed by atoms with Gasteiger partial charge in [0.05, 0.1) is 6.54 Å². The molecule has 0 saturated heterocycles. The third-order valence-electron chi connectivity index (χ3n) is 2.64. The summed E-state index contributed by atoms with van der Waals surface area (Å²) >= 11 is 6.94. The van der Waals surface area contributed by atoms with Crippen molar-refractivity contribution in [3.05, 3.63) is 45.4 Å². The lowest BCUT2D eigenvalue weighted by Gasteiger charge is -2.04. The standard InChI is InChI=1S/C12H11N5S2/c1-8-5-14-10(19-8)7-17-11(15-16-12(17)18)9-3-2-4-13-6-9/h2-6H,7H2,1H3,(H,16,18). The molecule has 7 heteroatoms. The fourth-order valence-corrected chi connectivity index (χ4v) is 2.76. The number of thiazole rings is 1. The summed E-state index contributed by atoms with van der Waals surface area (Å²) in [4.78, 5) is 9.66. The van der Waals surface area contributed by atoms with Crippen molar-refractivity contribution in [2.45, 2.75) is 13.5 Å². The zero-order valence-corrected chi connectivity index (χ0v) is 11.8. The Labute approximate surface area is 119 Å². The quantitative estimate of drug-likeness (QED) is 0.753. The zero-order chi connectivity index (χ0) is 13.2. The molecule has 3 rings (SSSR count). The highest BCUT2D eigenvalue weighted by Crippen LogP contribution is 2.19. The first-order valence-corrected chi connectivity index (χ1v) is 6.93. The van der Waals surface area contributed by atoms with Gasteiger partial charge in [-0.3, -0.25) is 14.6 Å². The molecule has 19 heavy (non-hydrogen) atoms. The highest BCUT2D eigenvalue weighted by molar-refractivity contribution is 7.71. The highest BCUT2D eigenvalue weighted by atomic mass is 32.1. The summed E-state index contributed by atoms with van der Waals surface area (Å²) in [6.07, 6.45) is 5.38. The van der Waals surface area contributed by atoms with Gasteiger partial charge in [-0.15, -0.1) is 11.3 Å². The van der Waals surface area contributed by atoms with Crippen molar-refractivity contribution >= 4 is 23.6 Å². The Morgan fingerprint density at radius 2 is 2.32 bits per heavy atom. The van der Waals surface area contributed by atoms with Crippen LogP contribution in [-0.2, 0) is 6.54 Å². The van der Waals surface area contributed by atoms with E-state index >= 15 is 0 Å². The first-order chi connectivity index (χ1) is 9.24. The van der Waals surface area contributed by atoms with Crippen LogP contribution in [0.1, 0.15) is 9.88 Å². The maximum atomic E-state index is 5.28. The van der Waals surface area contributed by atoms with Crippen LogP contribution >= 0.6 is 23.6 Å². The second-order valence-electron chi connectivity index (χ2n) is 4.04. The number of hydrogen-bond donors (Lipinski definition) is 1. The maximum Gasteiger partial charge on any atom is 0.195 e. The lowest BCUT2D eigenvalue weighted by molar-refractivity contribution is 0.783. The van der Waals surface area contributed by atoms with E-state index in [1.54, 1.807) is 23.7 Å². The van der Waals surface area contributed by atoms with E-state index in [0.717, 1.165) is 16.4 Å². The van der Waals surface area contributed by atoms with Gasteiger partial charge in [0.2, 0.25) is 0 Å². The van der Waals surface area contributed by atoms with Crippen LogP contribution in [0.25, 0.3) is 11.4 Å². The first kappa shape index (κ1) is 12.2. The fourth-order valence-electron chi connectivity index (χ4n) is 1.79. The third-order valence-corrected chi connectivity index (χ3v) is 3.85. The first-order valence-electron chi connectivity index (χ1n) is 5.71. The van der Waals surface area contributed by atoms with Gasteiger partial charge in [-0.05, 0) is 31.3 Å². The minimum absolute atomic E-state index is 0.590. The molecule has 0 amide bonds. The molecule has 5 nitrogen and oxygen atoms in total. The van der Waals surface area contributed by atoms with E-state index in [1.165, 1.54) is 4.88 Å². The Morgan fingerprint density at radius 3 is 3.00 bits per heavy atom. The van der Waals surface area contributed by atoms with E-state index in [4.69, 9.17) is 12.2 Å². The number of aryl methyl sites for hydroxylation is 1. The number of nitrogens with zero attached hydrogens (tertiary/aromatic N) is 4. The minimum Gasteiger partial charge on any atom is -0.293 e. The van der Waals surface area contributed by atoms with Crippen LogP contribution in [0.3, 0.4) is 0 Å². The van der Waals surface area contributed by atoms with Crippen molar-refractivity contribution in [1.29, 1.82) is 0 Å². The summed E-state index contributed by atoms with van der Waals surface area (Å²) in [6, 6.07) is 3.84. The van der Waals surface area contributed by atoms with E-state index < -0.39 is 0 Å². The van der Waals surface area contributed by atoms with Crippen LogP contribution in [0.5, 0.6) is 0 Å². The molecule has 0 spiro atoms. The van der Waals surface area contributed by atoms with Gasteiger partial charge in [0, 0.05) is 29.0 Å². The largest absolute Gasteiger partial charge is 0.293 e. The SMILES string of the molecule is Cc1cnc(Cn2c(-c3cccnc3)n[nH]c2=S)s1.